The number of hydrogen-bond acceptors (Lipinski definition) is 5. The lowest BCUT2D eigenvalue weighted by molar-refractivity contribution is 0.0947. The first kappa shape index (κ1) is 20.3. The fourth-order valence-corrected chi connectivity index (χ4v) is 5.20. The third kappa shape index (κ3) is 3.42. The van der Waals surface area contributed by atoms with Crippen LogP contribution in [0.15, 0.2) is 70.5 Å². The molecule has 0 aromatic heterocycles. The number of hydrogen-bond donors (Lipinski definition) is 1. The third-order valence-corrected chi connectivity index (χ3v) is 6.98. The highest BCUT2D eigenvalue weighted by Gasteiger charge is 2.30. The molecule has 7 nitrogen and oxygen atoms in total. The zero-order chi connectivity index (χ0) is 22.2. The largest absolute Gasteiger partial charge is 0.454 e. The molecule has 162 valence electrons. The molecule has 8 heteroatoms. The monoisotopic (exact) mass is 448 g/mol. The molecule has 0 fully saturated rings. The number of nitrogens with zero attached hydrogens (tertiary/aromatic N) is 1. The molecule has 0 saturated carbocycles. The molecule has 3 aromatic carbocycles. The van der Waals surface area contributed by atoms with Gasteiger partial charge in [0.2, 0.25) is 6.79 Å². The van der Waals surface area contributed by atoms with E-state index in [2.05, 4.69) is 5.32 Å². The summed E-state index contributed by atoms with van der Waals surface area (Å²) in [5.74, 6) is 0.819. The van der Waals surface area contributed by atoms with Crippen LogP contribution < -0.4 is 19.7 Å². The molecule has 0 saturated heterocycles. The smallest absolute Gasteiger partial charge is 0.259 e. The minimum atomic E-state index is -1.53. The average Bonchev–Trinajstić information content (AvgIpc) is 3.27. The number of ether oxygens (including phenoxy) is 2. The molecular formula is C24H20N2O5S. The van der Waals surface area contributed by atoms with E-state index in [9.17, 15) is 13.8 Å². The highest BCUT2D eigenvalue weighted by atomic mass is 32.2. The van der Waals surface area contributed by atoms with Crippen LogP contribution in [0.2, 0.25) is 0 Å². The zero-order valence-electron chi connectivity index (χ0n) is 17.3. The number of amides is 2. The van der Waals surface area contributed by atoms with Gasteiger partial charge in [-0.2, -0.15) is 0 Å². The van der Waals surface area contributed by atoms with Crippen molar-refractivity contribution in [1.29, 1.82) is 0 Å². The van der Waals surface area contributed by atoms with Crippen molar-refractivity contribution in [3.8, 4) is 11.5 Å². The third-order valence-electron chi connectivity index (χ3n) is 5.48. The molecule has 5 rings (SSSR count). The molecule has 0 aliphatic carbocycles. The highest BCUT2D eigenvalue weighted by Crippen LogP contribution is 2.35. The van der Waals surface area contributed by atoms with E-state index in [4.69, 9.17) is 9.47 Å². The Labute approximate surface area is 187 Å². The maximum absolute atomic E-state index is 13.2. The lowest BCUT2D eigenvalue weighted by Crippen LogP contribution is -2.31. The molecule has 2 amide bonds. The Morgan fingerprint density at radius 3 is 2.69 bits per heavy atom. The molecule has 3 aromatic rings. The van der Waals surface area contributed by atoms with E-state index in [1.165, 1.54) is 0 Å². The summed E-state index contributed by atoms with van der Waals surface area (Å²) in [6, 6.07) is 17.4. The van der Waals surface area contributed by atoms with Crippen LogP contribution in [0.5, 0.6) is 11.5 Å². The maximum Gasteiger partial charge on any atom is 0.259 e. The fourth-order valence-electron chi connectivity index (χ4n) is 3.85. The average molecular weight is 449 g/mol. The van der Waals surface area contributed by atoms with Gasteiger partial charge in [0.15, 0.2) is 11.5 Å². The lowest BCUT2D eigenvalue weighted by Gasteiger charge is -2.21. The van der Waals surface area contributed by atoms with E-state index in [1.54, 1.807) is 47.4 Å². The topological polar surface area (TPSA) is 84.9 Å². The second-order valence-corrected chi connectivity index (χ2v) is 8.78. The van der Waals surface area contributed by atoms with Gasteiger partial charge in [-0.15, -0.1) is 0 Å². The SMILES string of the molecule is CCN1C(=O)c2ccccc2[S@@](=O)c2ccc(C(=O)NCc3ccc4c(c3)OCO4)cc21. The van der Waals surface area contributed by atoms with E-state index in [0.29, 0.717) is 51.2 Å². The molecule has 2 aliphatic heterocycles. The maximum atomic E-state index is 13.2. The summed E-state index contributed by atoms with van der Waals surface area (Å²) in [5.41, 5.74) is 2.17. The molecule has 0 spiro atoms. The van der Waals surface area contributed by atoms with Gasteiger partial charge in [-0.25, -0.2) is 4.21 Å². The molecule has 1 atom stereocenters. The number of carbonyl (C=O) groups excluding carboxylic acids is 2. The lowest BCUT2D eigenvalue weighted by atomic mass is 10.1. The van der Waals surface area contributed by atoms with Crippen LogP contribution in [0.3, 0.4) is 0 Å². The fraction of sp³-hybridized carbons (Fsp3) is 0.167. The summed E-state index contributed by atoms with van der Waals surface area (Å²) in [4.78, 5) is 28.5. The van der Waals surface area contributed by atoms with Crippen LogP contribution in [0.4, 0.5) is 5.69 Å². The molecule has 2 aliphatic rings. The minimum absolute atomic E-state index is 0.193. The predicted octanol–water partition coefficient (Wildman–Crippen LogP) is 3.49. The van der Waals surface area contributed by atoms with Crippen molar-refractivity contribution in [2.45, 2.75) is 23.3 Å². The molecule has 32 heavy (non-hydrogen) atoms. The van der Waals surface area contributed by atoms with Crippen molar-refractivity contribution in [3.05, 3.63) is 77.4 Å². The normalized spacial score (nSPS) is 16.2. The second kappa shape index (κ2) is 8.12. The van der Waals surface area contributed by atoms with Gasteiger partial charge in [0.05, 0.1) is 31.8 Å². The van der Waals surface area contributed by atoms with Crippen LogP contribution in [0, 0.1) is 0 Å². The van der Waals surface area contributed by atoms with E-state index in [0.717, 1.165) is 5.56 Å². The van der Waals surface area contributed by atoms with Gasteiger partial charge in [-0.3, -0.25) is 9.59 Å². The van der Waals surface area contributed by atoms with Gasteiger partial charge in [0, 0.05) is 18.7 Å². The Hall–Kier alpha value is -3.65. The Kier molecular flexibility index (Phi) is 5.14. The number of anilines is 1. The van der Waals surface area contributed by atoms with Crippen molar-refractivity contribution in [2.24, 2.45) is 0 Å². The first-order valence-electron chi connectivity index (χ1n) is 10.2. The van der Waals surface area contributed by atoms with Gasteiger partial charge >= 0.3 is 0 Å². The summed E-state index contributed by atoms with van der Waals surface area (Å²) in [6.07, 6.45) is 0. The Balaban J connectivity index is 1.42. The summed E-state index contributed by atoms with van der Waals surface area (Å²) in [7, 11) is -1.53. The van der Waals surface area contributed by atoms with Crippen molar-refractivity contribution in [1.82, 2.24) is 5.32 Å². The summed E-state index contributed by atoms with van der Waals surface area (Å²) in [5, 5.41) is 2.89. The predicted molar refractivity (Wildman–Crippen MR) is 119 cm³/mol. The summed E-state index contributed by atoms with van der Waals surface area (Å²) >= 11 is 0. The van der Waals surface area contributed by atoms with Gasteiger partial charge < -0.3 is 19.7 Å². The molecule has 1 N–H and O–H groups in total. The molecule has 2 heterocycles. The highest BCUT2D eigenvalue weighted by molar-refractivity contribution is 7.85. The van der Waals surface area contributed by atoms with Crippen LogP contribution in [-0.4, -0.2) is 29.4 Å². The molecule has 0 bridgehead atoms. The molecular weight excluding hydrogens is 428 g/mol. The quantitative estimate of drug-likeness (QED) is 0.661. The van der Waals surface area contributed by atoms with E-state index >= 15 is 0 Å². The van der Waals surface area contributed by atoms with Crippen LogP contribution in [0.1, 0.15) is 33.2 Å². The Morgan fingerprint density at radius 2 is 1.84 bits per heavy atom. The zero-order valence-corrected chi connectivity index (χ0v) is 18.1. The number of nitrogens with one attached hydrogen (secondary N) is 1. The van der Waals surface area contributed by atoms with Crippen LogP contribution >= 0.6 is 0 Å². The first-order valence-corrected chi connectivity index (χ1v) is 11.3. The van der Waals surface area contributed by atoms with E-state index < -0.39 is 10.8 Å². The summed E-state index contributed by atoms with van der Waals surface area (Å²) < 4.78 is 23.9. The van der Waals surface area contributed by atoms with Gasteiger partial charge in [-0.1, -0.05) is 18.2 Å². The number of fused-ring (bicyclic) bond motifs is 3. The van der Waals surface area contributed by atoms with E-state index in [-0.39, 0.29) is 18.6 Å². The number of benzene rings is 3. The molecule has 0 radical (unpaired) electrons. The van der Waals surface area contributed by atoms with Crippen LogP contribution in [-0.2, 0) is 17.3 Å². The van der Waals surface area contributed by atoms with Crippen molar-refractivity contribution >= 4 is 28.3 Å². The van der Waals surface area contributed by atoms with Crippen molar-refractivity contribution < 1.29 is 23.3 Å². The Morgan fingerprint density at radius 1 is 1.03 bits per heavy atom. The van der Waals surface area contributed by atoms with Crippen molar-refractivity contribution in [3.63, 3.8) is 0 Å². The van der Waals surface area contributed by atoms with E-state index in [1.807, 2.05) is 25.1 Å². The van der Waals surface area contributed by atoms with Crippen molar-refractivity contribution in [2.75, 3.05) is 18.2 Å². The number of rotatable bonds is 4. The van der Waals surface area contributed by atoms with Gasteiger partial charge in [0.1, 0.15) is 0 Å². The molecule has 0 unspecified atom stereocenters. The summed E-state index contributed by atoms with van der Waals surface area (Å²) in [6.45, 7) is 2.74. The minimum Gasteiger partial charge on any atom is -0.454 e. The van der Waals surface area contributed by atoms with Crippen LogP contribution in [0.25, 0.3) is 0 Å². The van der Waals surface area contributed by atoms with Gasteiger partial charge in [0.25, 0.3) is 11.8 Å². The Bertz CT molecular complexity index is 1270. The standard InChI is InChI=1S/C24H20N2O5S/c1-2-26-18-12-16(23(27)25-13-15-7-9-19-20(11-15)31-14-30-19)8-10-22(18)32(29)21-6-4-3-5-17(21)24(26)28/h3-12H,2,13-14H2,1H3,(H,25,27)/t32-/m1/s1. The second-order valence-electron chi connectivity index (χ2n) is 7.37. The number of carbonyl (C=O) groups is 2. The first-order chi connectivity index (χ1) is 15.6. The van der Waals surface area contributed by atoms with Gasteiger partial charge in [-0.05, 0) is 55.0 Å².